The number of carbonyl (C=O) groups excluding carboxylic acids is 1. The molecule has 0 radical (unpaired) electrons. The molecule has 6 nitrogen and oxygen atoms in total. The van der Waals surface area contributed by atoms with Crippen molar-refractivity contribution >= 4 is 40.9 Å². The van der Waals surface area contributed by atoms with Crippen molar-refractivity contribution in [3.05, 3.63) is 28.2 Å². The third-order valence-corrected chi connectivity index (χ3v) is 6.31. The molecule has 154 valence electrons. The molecule has 0 spiro atoms. The van der Waals surface area contributed by atoms with Crippen LogP contribution in [0.2, 0.25) is 10.0 Å². The molecule has 1 aromatic carbocycles. The predicted molar refractivity (Wildman–Crippen MR) is 116 cm³/mol. The average Bonchev–Trinajstić information content (AvgIpc) is 3.44. The van der Waals surface area contributed by atoms with Crippen LogP contribution in [0.1, 0.15) is 33.6 Å². The van der Waals surface area contributed by atoms with E-state index >= 15 is 0 Å². The number of hydrogen-bond donors (Lipinski definition) is 1. The maximum atomic E-state index is 12.4. The summed E-state index contributed by atoms with van der Waals surface area (Å²) in [5.74, 6) is 1.21. The Hall–Kier alpha value is -1.75. The Bertz CT molecular complexity index is 951. The van der Waals surface area contributed by atoms with Gasteiger partial charge in [-0.2, -0.15) is 5.26 Å². The molecule has 3 rings (SSSR count). The SMILES string of the molecule is CC(C)Cn1c(SCC(=O)NC(C)(C#N)C2CC2)nnc1-c1ccc(Cl)cc1Cl. The van der Waals surface area contributed by atoms with Gasteiger partial charge >= 0.3 is 0 Å². The van der Waals surface area contributed by atoms with E-state index in [-0.39, 0.29) is 17.6 Å². The van der Waals surface area contributed by atoms with Crippen LogP contribution < -0.4 is 5.32 Å². The lowest BCUT2D eigenvalue weighted by atomic mass is 9.98. The molecule has 0 saturated heterocycles. The van der Waals surface area contributed by atoms with Gasteiger partial charge in [-0.1, -0.05) is 48.8 Å². The zero-order valence-corrected chi connectivity index (χ0v) is 18.9. The van der Waals surface area contributed by atoms with Crippen molar-refractivity contribution < 1.29 is 4.79 Å². The van der Waals surface area contributed by atoms with Crippen LogP contribution in [-0.4, -0.2) is 32.0 Å². The number of rotatable bonds is 8. The first-order valence-corrected chi connectivity index (χ1v) is 11.2. The molecule has 29 heavy (non-hydrogen) atoms. The van der Waals surface area contributed by atoms with E-state index in [1.807, 2.05) is 10.6 Å². The Morgan fingerprint density at radius 1 is 1.41 bits per heavy atom. The number of hydrogen-bond acceptors (Lipinski definition) is 5. The molecule has 1 aliphatic carbocycles. The van der Waals surface area contributed by atoms with E-state index in [1.165, 1.54) is 11.8 Å². The average molecular weight is 452 g/mol. The van der Waals surface area contributed by atoms with Gasteiger partial charge in [0, 0.05) is 17.1 Å². The van der Waals surface area contributed by atoms with Crippen LogP contribution >= 0.6 is 35.0 Å². The quantitative estimate of drug-likeness (QED) is 0.582. The molecule has 1 heterocycles. The van der Waals surface area contributed by atoms with Gasteiger partial charge < -0.3 is 9.88 Å². The van der Waals surface area contributed by atoms with E-state index in [1.54, 1.807) is 19.1 Å². The standard InChI is InChI=1S/C20H23Cl2N5OS/c1-12(2)9-27-18(15-7-6-14(21)8-16(15)22)25-26-19(27)29-10-17(28)24-20(3,11-23)13-4-5-13/h6-8,12-13H,4-5,9-10H2,1-3H3,(H,24,28). The highest BCUT2D eigenvalue weighted by Gasteiger charge is 2.43. The first kappa shape index (κ1) is 21.9. The highest BCUT2D eigenvalue weighted by molar-refractivity contribution is 7.99. The Balaban J connectivity index is 1.78. The Kier molecular flexibility index (Phi) is 6.77. The Morgan fingerprint density at radius 2 is 2.14 bits per heavy atom. The summed E-state index contributed by atoms with van der Waals surface area (Å²) >= 11 is 13.7. The third kappa shape index (κ3) is 5.25. The minimum atomic E-state index is -0.800. The summed E-state index contributed by atoms with van der Waals surface area (Å²) in [5, 5.41) is 22.6. The summed E-state index contributed by atoms with van der Waals surface area (Å²) in [6.07, 6.45) is 1.96. The number of nitriles is 1. The molecule has 1 aromatic heterocycles. The largest absolute Gasteiger partial charge is 0.337 e. The van der Waals surface area contributed by atoms with Gasteiger partial charge in [0.25, 0.3) is 0 Å². The number of thioether (sulfide) groups is 1. The second-order valence-electron chi connectivity index (χ2n) is 7.86. The summed E-state index contributed by atoms with van der Waals surface area (Å²) in [6.45, 7) is 6.67. The second kappa shape index (κ2) is 8.95. The zero-order valence-electron chi connectivity index (χ0n) is 16.6. The zero-order chi connectivity index (χ0) is 21.2. The Morgan fingerprint density at radius 3 is 2.72 bits per heavy atom. The third-order valence-electron chi connectivity index (χ3n) is 4.79. The van der Waals surface area contributed by atoms with Crippen molar-refractivity contribution in [2.45, 2.75) is 50.9 Å². The highest BCUT2D eigenvalue weighted by Crippen LogP contribution is 2.39. The van der Waals surface area contributed by atoms with Gasteiger partial charge in [-0.15, -0.1) is 10.2 Å². The molecule has 1 amide bonds. The van der Waals surface area contributed by atoms with Crippen LogP contribution in [0.3, 0.4) is 0 Å². The Labute approximate surface area is 185 Å². The summed E-state index contributed by atoms with van der Waals surface area (Å²) in [7, 11) is 0. The van der Waals surface area contributed by atoms with Gasteiger partial charge in [0.15, 0.2) is 11.0 Å². The summed E-state index contributed by atoms with van der Waals surface area (Å²) in [5.41, 5.74) is -0.0584. The molecule has 0 aliphatic heterocycles. The van der Waals surface area contributed by atoms with E-state index in [2.05, 4.69) is 35.4 Å². The number of halogens is 2. The minimum Gasteiger partial charge on any atom is -0.337 e. The lowest BCUT2D eigenvalue weighted by Crippen LogP contribution is -2.47. The molecule has 1 atom stereocenters. The lowest BCUT2D eigenvalue weighted by Gasteiger charge is -2.22. The van der Waals surface area contributed by atoms with Gasteiger partial charge in [-0.25, -0.2) is 0 Å². The molecule has 1 fully saturated rings. The fourth-order valence-electron chi connectivity index (χ4n) is 3.13. The fraction of sp³-hybridized carbons (Fsp3) is 0.500. The summed E-state index contributed by atoms with van der Waals surface area (Å²) in [4.78, 5) is 12.4. The maximum Gasteiger partial charge on any atom is 0.231 e. The number of nitrogens with one attached hydrogen (secondary N) is 1. The van der Waals surface area contributed by atoms with Crippen LogP contribution in [0.15, 0.2) is 23.4 Å². The van der Waals surface area contributed by atoms with Crippen molar-refractivity contribution in [3.8, 4) is 17.5 Å². The minimum absolute atomic E-state index is 0.161. The fourth-order valence-corrected chi connectivity index (χ4v) is 4.37. The van der Waals surface area contributed by atoms with E-state index in [0.717, 1.165) is 18.4 Å². The van der Waals surface area contributed by atoms with Crippen LogP contribution in [0.4, 0.5) is 0 Å². The summed E-state index contributed by atoms with van der Waals surface area (Å²) in [6, 6.07) is 7.50. The molecule has 1 saturated carbocycles. The van der Waals surface area contributed by atoms with Crippen molar-refractivity contribution in [1.82, 2.24) is 20.1 Å². The van der Waals surface area contributed by atoms with Crippen LogP contribution in [0.5, 0.6) is 0 Å². The first-order valence-electron chi connectivity index (χ1n) is 9.47. The van der Waals surface area contributed by atoms with Crippen molar-refractivity contribution in [2.75, 3.05) is 5.75 Å². The van der Waals surface area contributed by atoms with Gasteiger partial charge in [-0.05, 0) is 49.8 Å². The predicted octanol–water partition coefficient (Wildman–Crippen LogP) is 4.81. The van der Waals surface area contributed by atoms with E-state index < -0.39 is 5.54 Å². The smallest absolute Gasteiger partial charge is 0.231 e. The molecule has 1 unspecified atom stereocenters. The van der Waals surface area contributed by atoms with Crippen LogP contribution in [0, 0.1) is 23.2 Å². The molecular formula is C20H23Cl2N5OS. The summed E-state index contributed by atoms with van der Waals surface area (Å²) < 4.78 is 1.97. The molecule has 9 heteroatoms. The van der Waals surface area contributed by atoms with E-state index in [4.69, 9.17) is 23.2 Å². The van der Waals surface area contributed by atoms with Gasteiger partial charge in [0.05, 0.1) is 16.8 Å². The molecule has 1 aliphatic rings. The highest BCUT2D eigenvalue weighted by atomic mass is 35.5. The first-order chi connectivity index (χ1) is 13.7. The van der Waals surface area contributed by atoms with E-state index in [9.17, 15) is 10.1 Å². The molecular weight excluding hydrogens is 429 g/mol. The van der Waals surface area contributed by atoms with Crippen molar-refractivity contribution in [1.29, 1.82) is 5.26 Å². The molecule has 2 aromatic rings. The van der Waals surface area contributed by atoms with Crippen molar-refractivity contribution in [3.63, 3.8) is 0 Å². The molecule has 1 N–H and O–H groups in total. The number of benzene rings is 1. The number of amides is 1. The maximum absolute atomic E-state index is 12.4. The number of aromatic nitrogens is 3. The topological polar surface area (TPSA) is 83.6 Å². The van der Waals surface area contributed by atoms with Crippen molar-refractivity contribution in [2.24, 2.45) is 11.8 Å². The molecule has 0 bridgehead atoms. The van der Waals surface area contributed by atoms with Crippen LogP contribution in [0.25, 0.3) is 11.4 Å². The van der Waals surface area contributed by atoms with E-state index in [0.29, 0.717) is 33.5 Å². The van der Waals surface area contributed by atoms with Gasteiger partial charge in [0.1, 0.15) is 5.54 Å². The van der Waals surface area contributed by atoms with Crippen LogP contribution in [-0.2, 0) is 11.3 Å². The second-order valence-corrected chi connectivity index (χ2v) is 9.65. The lowest BCUT2D eigenvalue weighted by molar-refractivity contribution is -0.119. The van der Waals surface area contributed by atoms with Gasteiger partial charge in [-0.3, -0.25) is 4.79 Å². The monoisotopic (exact) mass is 451 g/mol. The normalized spacial score (nSPS) is 15.8. The van der Waals surface area contributed by atoms with Gasteiger partial charge in [0.2, 0.25) is 5.91 Å². The number of carbonyl (C=O) groups is 1. The number of nitrogens with zero attached hydrogens (tertiary/aromatic N) is 4.